The number of amides is 2. The summed E-state index contributed by atoms with van der Waals surface area (Å²) >= 11 is 0. The second-order valence-corrected chi connectivity index (χ2v) is 13.8. The fraction of sp³-hybridized carbons (Fsp3) is 0.421. The monoisotopic (exact) mass is 674 g/mol. The van der Waals surface area contributed by atoms with Crippen molar-refractivity contribution in [3.05, 3.63) is 95.6 Å². The third kappa shape index (κ3) is 10.8. The molecule has 0 aliphatic heterocycles. The summed E-state index contributed by atoms with van der Waals surface area (Å²) in [5, 5.41) is 5.03. The van der Waals surface area contributed by atoms with Gasteiger partial charge in [-0.15, -0.1) is 0 Å². The maximum absolute atomic E-state index is 13.5. The number of carbonyl (C=O) groups is 4. The SMILES string of the molecule is C[C@@H](OC(=O)[C@H](COC(C)(C)C)NC(=O)OCC1c2ccccc2-c2ccccc21)[C@H](NC(=O)OC(C)(C)C)C(=O)OCc1ccccc1. The molecule has 3 aromatic rings. The first kappa shape index (κ1) is 36.9. The molecule has 1 aliphatic carbocycles. The number of alkyl carbamates (subject to hydrolysis) is 2. The zero-order valence-electron chi connectivity index (χ0n) is 29.1. The van der Waals surface area contributed by atoms with E-state index in [0.29, 0.717) is 0 Å². The molecule has 49 heavy (non-hydrogen) atoms. The van der Waals surface area contributed by atoms with E-state index in [1.54, 1.807) is 65.8 Å². The van der Waals surface area contributed by atoms with Crippen LogP contribution in [-0.2, 0) is 39.9 Å². The highest BCUT2D eigenvalue weighted by Crippen LogP contribution is 2.44. The Bertz CT molecular complexity index is 1570. The van der Waals surface area contributed by atoms with Gasteiger partial charge in [0, 0.05) is 5.92 Å². The Hall–Kier alpha value is -4.90. The number of hydrogen-bond donors (Lipinski definition) is 2. The topological polar surface area (TPSA) is 138 Å². The van der Waals surface area contributed by atoms with Gasteiger partial charge in [0.15, 0.2) is 12.1 Å². The zero-order chi connectivity index (χ0) is 35.8. The Labute approximate surface area is 287 Å². The van der Waals surface area contributed by atoms with Gasteiger partial charge in [0.2, 0.25) is 0 Å². The van der Waals surface area contributed by atoms with Crippen molar-refractivity contribution in [3.63, 3.8) is 0 Å². The van der Waals surface area contributed by atoms with Gasteiger partial charge in [-0.3, -0.25) is 0 Å². The normalized spacial score (nSPS) is 14.3. The highest BCUT2D eigenvalue weighted by molar-refractivity contribution is 5.85. The van der Waals surface area contributed by atoms with Crippen LogP contribution in [0.1, 0.15) is 71.1 Å². The Kier molecular flexibility index (Phi) is 12.1. The summed E-state index contributed by atoms with van der Waals surface area (Å²) in [6, 6.07) is 22.2. The minimum atomic E-state index is -1.43. The maximum atomic E-state index is 13.5. The second-order valence-electron chi connectivity index (χ2n) is 13.8. The van der Waals surface area contributed by atoms with Crippen molar-refractivity contribution in [2.75, 3.05) is 13.2 Å². The maximum Gasteiger partial charge on any atom is 0.408 e. The van der Waals surface area contributed by atoms with E-state index in [-0.39, 0.29) is 25.7 Å². The summed E-state index contributed by atoms with van der Waals surface area (Å²) in [7, 11) is 0. The number of carbonyl (C=O) groups excluding carboxylic acids is 4. The van der Waals surface area contributed by atoms with Gasteiger partial charge in [0.05, 0.1) is 12.2 Å². The Morgan fingerprint density at radius 3 is 1.84 bits per heavy atom. The molecule has 0 heterocycles. The lowest BCUT2D eigenvalue weighted by atomic mass is 9.98. The molecule has 262 valence electrons. The molecule has 0 bridgehead atoms. The third-order valence-electron chi connectivity index (χ3n) is 7.52. The highest BCUT2D eigenvalue weighted by Gasteiger charge is 2.36. The average molecular weight is 675 g/mol. The van der Waals surface area contributed by atoms with Crippen molar-refractivity contribution in [2.24, 2.45) is 0 Å². The quantitative estimate of drug-likeness (QED) is 0.168. The molecule has 0 unspecified atom stereocenters. The minimum Gasteiger partial charge on any atom is -0.459 e. The molecule has 1 aliphatic rings. The lowest BCUT2D eigenvalue weighted by Gasteiger charge is -2.28. The molecule has 0 saturated heterocycles. The molecule has 4 rings (SSSR count). The van der Waals surface area contributed by atoms with Crippen LogP contribution in [-0.4, -0.2) is 66.7 Å². The van der Waals surface area contributed by atoms with Crippen molar-refractivity contribution < 1.29 is 42.9 Å². The Morgan fingerprint density at radius 1 is 0.694 bits per heavy atom. The van der Waals surface area contributed by atoms with Gasteiger partial charge < -0.3 is 34.3 Å². The van der Waals surface area contributed by atoms with E-state index >= 15 is 0 Å². The van der Waals surface area contributed by atoms with Crippen LogP contribution >= 0.6 is 0 Å². The second kappa shape index (κ2) is 16.0. The molecule has 2 N–H and O–H groups in total. The third-order valence-corrected chi connectivity index (χ3v) is 7.52. The zero-order valence-corrected chi connectivity index (χ0v) is 29.1. The molecule has 3 atom stereocenters. The molecule has 0 fully saturated rings. The number of rotatable bonds is 12. The summed E-state index contributed by atoms with van der Waals surface area (Å²) in [5.41, 5.74) is 3.46. The van der Waals surface area contributed by atoms with E-state index in [9.17, 15) is 19.2 Å². The minimum absolute atomic E-state index is 0.0350. The molecular weight excluding hydrogens is 628 g/mol. The predicted octanol–water partition coefficient (Wildman–Crippen LogP) is 6.28. The first-order chi connectivity index (χ1) is 23.1. The average Bonchev–Trinajstić information content (AvgIpc) is 3.36. The van der Waals surface area contributed by atoms with Crippen LogP contribution in [0.5, 0.6) is 0 Å². The molecule has 0 radical (unpaired) electrons. The Morgan fingerprint density at radius 2 is 1.27 bits per heavy atom. The Balaban J connectivity index is 1.45. The fourth-order valence-corrected chi connectivity index (χ4v) is 5.24. The van der Waals surface area contributed by atoms with Crippen LogP contribution in [0.15, 0.2) is 78.9 Å². The van der Waals surface area contributed by atoms with E-state index in [4.69, 9.17) is 23.7 Å². The van der Waals surface area contributed by atoms with Gasteiger partial charge in [0.25, 0.3) is 0 Å². The number of esters is 2. The van der Waals surface area contributed by atoms with Crippen LogP contribution < -0.4 is 10.6 Å². The van der Waals surface area contributed by atoms with Gasteiger partial charge in [0.1, 0.15) is 24.9 Å². The van der Waals surface area contributed by atoms with Gasteiger partial charge in [-0.1, -0.05) is 78.9 Å². The summed E-state index contributed by atoms with van der Waals surface area (Å²) < 4.78 is 27.9. The fourth-order valence-electron chi connectivity index (χ4n) is 5.24. The number of ether oxygens (including phenoxy) is 5. The summed E-state index contributed by atoms with van der Waals surface area (Å²) in [6.45, 7) is 11.6. The number of benzene rings is 3. The van der Waals surface area contributed by atoms with Crippen LogP contribution in [0.2, 0.25) is 0 Å². The van der Waals surface area contributed by atoms with Crippen LogP contribution in [0.3, 0.4) is 0 Å². The molecule has 0 saturated carbocycles. The lowest BCUT2D eigenvalue weighted by molar-refractivity contribution is -0.161. The van der Waals surface area contributed by atoms with Crippen molar-refractivity contribution in [1.29, 1.82) is 0 Å². The lowest BCUT2D eigenvalue weighted by Crippen LogP contribution is -2.53. The van der Waals surface area contributed by atoms with E-state index in [1.165, 1.54) is 6.92 Å². The van der Waals surface area contributed by atoms with Crippen molar-refractivity contribution >= 4 is 24.1 Å². The number of hydrogen-bond acceptors (Lipinski definition) is 9. The molecule has 0 spiro atoms. The van der Waals surface area contributed by atoms with Gasteiger partial charge in [-0.2, -0.15) is 0 Å². The molecular formula is C38H46N2O9. The first-order valence-electron chi connectivity index (χ1n) is 16.3. The first-order valence-corrected chi connectivity index (χ1v) is 16.3. The highest BCUT2D eigenvalue weighted by atomic mass is 16.6. The van der Waals surface area contributed by atoms with E-state index in [1.807, 2.05) is 54.6 Å². The van der Waals surface area contributed by atoms with Crippen molar-refractivity contribution in [1.82, 2.24) is 10.6 Å². The van der Waals surface area contributed by atoms with Gasteiger partial charge in [-0.05, 0) is 76.3 Å². The molecule has 3 aromatic carbocycles. The predicted molar refractivity (Wildman–Crippen MR) is 183 cm³/mol. The van der Waals surface area contributed by atoms with Crippen molar-refractivity contribution in [2.45, 2.75) is 90.4 Å². The summed E-state index contributed by atoms with van der Waals surface area (Å²) in [6.07, 6.45) is -2.98. The van der Waals surface area contributed by atoms with Gasteiger partial charge >= 0.3 is 24.1 Å². The van der Waals surface area contributed by atoms with Crippen LogP contribution in [0.25, 0.3) is 11.1 Å². The molecule has 2 amide bonds. The smallest absolute Gasteiger partial charge is 0.408 e. The molecule has 0 aromatic heterocycles. The standard InChI is InChI=1S/C38H46N2O9/c1-24(32(40-36(44)49-38(5,6)7)34(42)45-21-25-15-9-8-10-16-25)48-33(41)31(23-47-37(2,3)4)39-35(43)46-22-30-28-19-13-11-17-26(28)27-18-12-14-20-29(27)30/h8-20,24,30-32H,21-23H2,1-7H3,(H,39,43)(H,40,44)/t24-,31+,32+/m1/s1. The van der Waals surface area contributed by atoms with E-state index < -0.39 is 53.5 Å². The largest absolute Gasteiger partial charge is 0.459 e. The summed E-state index contributed by atoms with van der Waals surface area (Å²) in [4.78, 5) is 52.6. The van der Waals surface area contributed by atoms with Crippen LogP contribution in [0, 0.1) is 0 Å². The van der Waals surface area contributed by atoms with E-state index in [0.717, 1.165) is 27.8 Å². The molecule has 11 heteroatoms. The number of nitrogens with one attached hydrogen (secondary N) is 2. The van der Waals surface area contributed by atoms with Crippen LogP contribution in [0.4, 0.5) is 9.59 Å². The van der Waals surface area contributed by atoms with Gasteiger partial charge in [-0.25, -0.2) is 19.2 Å². The number of fused-ring (bicyclic) bond motifs is 3. The van der Waals surface area contributed by atoms with E-state index in [2.05, 4.69) is 10.6 Å². The molecule has 11 nitrogen and oxygen atoms in total. The summed E-state index contributed by atoms with van der Waals surface area (Å²) in [5.74, 6) is -1.94. The van der Waals surface area contributed by atoms with Crippen molar-refractivity contribution in [3.8, 4) is 11.1 Å².